The Morgan fingerprint density at radius 1 is 1.09 bits per heavy atom. The van der Waals surface area contributed by atoms with E-state index in [-0.39, 0.29) is 5.57 Å². The van der Waals surface area contributed by atoms with Crippen LogP contribution >= 0.6 is 11.3 Å². The fourth-order valence-electron chi connectivity index (χ4n) is 3.41. The Morgan fingerprint density at radius 3 is 2.66 bits per heavy atom. The Bertz CT molecular complexity index is 1400. The van der Waals surface area contributed by atoms with Gasteiger partial charge in [-0.3, -0.25) is 10.1 Å². The lowest BCUT2D eigenvalue weighted by molar-refractivity contribution is -0.112. The summed E-state index contributed by atoms with van der Waals surface area (Å²) in [6.45, 7) is 2.43. The van der Waals surface area contributed by atoms with Gasteiger partial charge in [-0.25, -0.2) is 4.98 Å². The van der Waals surface area contributed by atoms with Gasteiger partial charge in [0.05, 0.1) is 12.8 Å². The predicted octanol–water partition coefficient (Wildman–Crippen LogP) is 6.25. The highest BCUT2D eigenvalue weighted by Gasteiger charge is 2.14. The molecule has 7 heteroatoms. The zero-order chi connectivity index (χ0) is 24.6. The summed E-state index contributed by atoms with van der Waals surface area (Å²) < 4.78 is 11.4. The van der Waals surface area contributed by atoms with E-state index in [0.717, 1.165) is 22.4 Å². The van der Waals surface area contributed by atoms with Crippen LogP contribution in [0.3, 0.4) is 0 Å². The van der Waals surface area contributed by atoms with Crippen molar-refractivity contribution in [3.05, 3.63) is 100 Å². The monoisotopic (exact) mass is 481 g/mol. The Hall–Kier alpha value is -4.41. The van der Waals surface area contributed by atoms with Crippen LogP contribution in [0, 0.1) is 18.3 Å². The van der Waals surface area contributed by atoms with E-state index < -0.39 is 5.91 Å². The van der Waals surface area contributed by atoms with Gasteiger partial charge in [0, 0.05) is 10.9 Å². The van der Waals surface area contributed by atoms with Crippen molar-refractivity contribution in [3.63, 3.8) is 0 Å². The highest BCUT2D eigenvalue weighted by molar-refractivity contribution is 7.14. The maximum absolute atomic E-state index is 12.7. The van der Waals surface area contributed by atoms with E-state index in [2.05, 4.69) is 16.4 Å². The lowest BCUT2D eigenvalue weighted by atomic mass is 10.1. The highest BCUT2D eigenvalue weighted by atomic mass is 32.1. The van der Waals surface area contributed by atoms with E-state index in [4.69, 9.17) is 9.47 Å². The van der Waals surface area contributed by atoms with E-state index in [9.17, 15) is 10.1 Å². The topological polar surface area (TPSA) is 84.2 Å². The molecular formula is C28H23N3O3S. The van der Waals surface area contributed by atoms with E-state index >= 15 is 0 Å². The third-order valence-electron chi connectivity index (χ3n) is 5.13. The minimum absolute atomic E-state index is 0.0445. The minimum atomic E-state index is -0.528. The van der Waals surface area contributed by atoms with Crippen LogP contribution in [0.15, 0.2) is 83.7 Å². The number of ether oxygens (including phenoxy) is 2. The van der Waals surface area contributed by atoms with Crippen molar-refractivity contribution in [2.75, 3.05) is 12.4 Å². The molecule has 1 heterocycles. The minimum Gasteiger partial charge on any atom is -0.493 e. The second-order valence-electron chi connectivity index (χ2n) is 7.72. The summed E-state index contributed by atoms with van der Waals surface area (Å²) in [6.07, 6.45) is 1.51. The van der Waals surface area contributed by atoms with Gasteiger partial charge in [-0.05, 0) is 36.3 Å². The van der Waals surface area contributed by atoms with Crippen molar-refractivity contribution in [2.45, 2.75) is 13.5 Å². The maximum Gasteiger partial charge on any atom is 0.268 e. The molecule has 0 bridgehead atoms. The summed E-state index contributed by atoms with van der Waals surface area (Å²) in [5.74, 6) is 0.557. The molecule has 0 radical (unpaired) electrons. The molecule has 1 aromatic heterocycles. The number of benzene rings is 3. The van der Waals surface area contributed by atoms with Crippen molar-refractivity contribution in [1.29, 1.82) is 5.26 Å². The van der Waals surface area contributed by atoms with Gasteiger partial charge in [-0.2, -0.15) is 5.26 Å². The van der Waals surface area contributed by atoms with Crippen LogP contribution in [-0.4, -0.2) is 18.0 Å². The number of hydrogen-bond donors (Lipinski definition) is 1. The quantitative estimate of drug-likeness (QED) is 0.237. The Labute approximate surface area is 208 Å². The number of aromatic nitrogens is 1. The number of carbonyl (C=O) groups excluding carboxylic acids is 1. The fourth-order valence-corrected chi connectivity index (χ4v) is 4.12. The number of rotatable bonds is 8. The first-order chi connectivity index (χ1) is 17.1. The molecule has 174 valence electrons. The Morgan fingerprint density at radius 2 is 1.91 bits per heavy atom. The molecule has 0 saturated carbocycles. The second kappa shape index (κ2) is 11.1. The largest absolute Gasteiger partial charge is 0.493 e. The number of carbonyl (C=O) groups is 1. The molecule has 4 aromatic rings. The first kappa shape index (κ1) is 23.7. The number of nitrogens with zero attached hydrogens (tertiary/aromatic N) is 2. The van der Waals surface area contributed by atoms with Gasteiger partial charge in [-0.15, -0.1) is 11.3 Å². The molecule has 4 rings (SSSR count). The highest BCUT2D eigenvalue weighted by Crippen LogP contribution is 2.30. The molecule has 3 aromatic carbocycles. The number of anilines is 1. The van der Waals surface area contributed by atoms with Crippen LogP contribution in [0.5, 0.6) is 11.5 Å². The number of nitriles is 1. The number of methoxy groups -OCH3 is 1. The van der Waals surface area contributed by atoms with Crippen LogP contribution in [0.25, 0.3) is 17.3 Å². The molecule has 0 aliphatic heterocycles. The summed E-state index contributed by atoms with van der Waals surface area (Å²) in [7, 11) is 1.55. The van der Waals surface area contributed by atoms with E-state index in [1.54, 1.807) is 25.3 Å². The third kappa shape index (κ3) is 6.14. The molecule has 0 fully saturated rings. The van der Waals surface area contributed by atoms with Crippen LogP contribution in [0.4, 0.5) is 5.13 Å². The standard InChI is InChI=1S/C28H23N3O3S/c1-19-7-6-8-21(13-19)17-34-25-12-11-20(15-26(25)33-2)14-23(16-29)27(32)31-28-30-24(18-35-28)22-9-4-3-5-10-22/h3-15,18H,17H2,1-2H3,(H,30,31,32)/b23-14-. The summed E-state index contributed by atoms with van der Waals surface area (Å²) in [5.41, 5.74) is 4.53. The van der Waals surface area contributed by atoms with Gasteiger partial charge in [0.25, 0.3) is 5.91 Å². The molecule has 0 aliphatic carbocycles. The average Bonchev–Trinajstić information content (AvgIpc) is 3.35. The summed E-state index contributed by atoms with van der Waals surface area (Å²) in [6, 6.07) is 25.0. The van der Waals surface area contributed by atoms with Gasteiger partial charge >= 0.3 is 0 Å². The first-order valence-electron chi connectivity index (χ1n) is 10.9. The first-order valence-corrected chi connectivity index (χ1v) is 11.7. The van der Waals surface area contributed by atoms with Gasteiger partial charge in [0.15, 0.2) is 16.6 Å². The molecule has 0 spiro atoms. The van der Waals surface area contributed by atoms with Crippen LogP contribution in [0.2, 0.25) is 0 Å². The Balaban J connectivity index is 1.46. The smallest absolute Gasteiger partial charge is 0.268 e. The molecule has 1 N–H and O–H groups in total. The zero-order valence-corrected chi connectivity index (χ0v) is 20.1. The van der Waals surface area contributed by atoms with Crippen LogP contribution < -0.4 is 14.8 Å². The molecule has 6 nitrogen and oxygen atoms in total. The number of amides is 1. The number of nitrogens with one attached hydrogen (secondary N) is 1. The SMILES string of the molecule is COc1cc(/C=C(/C#N)C(=O)Nc2nc(-c3ccccc3)cs2)ccc1OCc1cccc(C)c1. The molecule has 0 aliphatic rings. The molecular weight excluding hydrogens is 458 g/mol. The van der Waals surface area contributed by atoms with E-state index in [1.807, 2.05) is 66.9 Å². The number of thiazole rings is 1. The number of aryl methyl sites for hydroxylation is 1. The van der Waals surface area contributed by atoms with Crippen molar-refractivity contribution in [1.82, 2.24) is 4.98 Å². The van der Waals surface area contributed by atoms with Crippen LogP contribution in [-0.2, 0) is 11.4 Å². The fraction of sp³-hybridized carbons (Fsp3) is 0.107. The Kier molecular flexibility index (Phi) is 7.56. The zero-order valence-electron chi connectivity index (χ0n) is 19.3. The average molecular weight is 482 g/mol. The molecule has 0 atom stereocenters. The summed E-state index contributed by atoms with van der Waals surface area (Å²) in [4.78, 5) is 17.2. The maximum atomic E-state index is 12.7. The van der Waals surface area contributed by atoms with Gasteiger partial charge in [-0.1, -0.05) is 66.2 Å². The molecule has 35 heavy (non-hydrogen) atoms. The van der Waals surface area contributed by atoms with Crippen LogP contribution in [0.1, 0.15) is 16.7 Å². The third-order valence-corrected chi connectivity index (χ3v) is 5.89. The molecule has 0 unspecified atom stereocenters. The van der Waals surface area contributed by atoms with Crippen molar-refractivity contribution < 1.29 is 14.3 Å². The van der Waals surface area contributed by atoms with Gasteiger partial charge < -0.3 is 9.47 Å². The number of hydrogen-bond acceptors (Lipinski definition) is 6. The normalized spacial score (nSPS) is 10.9. The van der Waals surface area contributed by atoms with E-state index in [0.29, 0.717) is 28.8 Å². The summed E-state index contributed by atoms with van der Waals surface area (Å²) in [5, 5.41) is 14.6. The van der Waals surface area contributed by atoms with Crippen molar-refractivity contribution in [3.8, 4) is 28.8 Å². The molecule has 0 saturated heterocycles. The van der Waals surface area contributed by atoms with Gasteiger partial charge in [0.2, 0.25) is 0 Å². The van der Waals surface area contributed by atoms with Crippen molar-refractivity contribution >= 4 is 28.5 Å². The second-order valence-corrected chi connectivity index (χ2v) is 8.57. The lowest BCUT2D eigenvalue weighted by Gasteiger charge is -2.12. The van der Waals surface area contributed by atoms with Gasteiger partial charge in [0.1, 0.15) is 18.2 Å². The summed E-state index contributed by atoms with van der Waals surface area (Å²) >= 11 is 1.30. The van der Waals surface area contributed by atoms with E-state index in [1.165, 1.54) is 17.4 Å². The predicted molar refractivity (Wildman–Crippen MR) is 138 cm³/mol. The van der Waals surface area contributed by atoms with Crippen molar-refractivity contribution in [2.24, 2.45) is 0 Å². The molecule has 1 amide bonds. The lowest BCUT2D eigenvalue weighted by Crippen LogP contribution is -2.13.